The van der Waals surface area contributed by atoms with Gasteiger partial charge in [-0.1, -0.05) is 30.7 Å². The van der Waals surface area contributed by atoms with E-state index in [1.54, 1.807) is 31.2 Å². The van der Waals surface area contributed by atoms with Crippen molar-refractivity contribution in [1.29, 1.82) is 0 Å². The molecule has 9 heteroatoms. The lowest BCUT2D eigenvalue weighted by atomic mass is 9.88. The molecule has 1 aliphatic rings. The molecule has 146 valence electrons. The van der Waals surface area contributed by atoms with Crippen LogP contribution in [-0.2, 0) is 25.7 Å². The van der Waals surface area contributed by atoms with Gasteiger partial charge in [0.1, 0.15) is 5.78 Å². The van der Waals surface area contributed by atoms with Crippen molar-refractivity contribution in [2.75, 3.05) is 13.2 Å². The van der Waals surface area contributed by atoms with Crippen molar-refractivity contribution in [1.82, 2.24) is 5.32 Å². The highest BCUT2D eigenvalue weighted by atomic mass is 35.5. The summed E-state index contributed by atoms with van der Waals surface area (Å²) >= 11 is 5.78. The van der Waals surface area contributed by atoms with Crippen molar-refractivity contribution in [2.45, 2.75) is 26.3 Å². The molecule has 0 radical (unpaired) electrons. The number of nitrogens with zero attached hydrogens (tertiary/aromatic N) is 1. The molecule has 0 saturated heterocycles. The molecule has 1 amide bonds. The number of nitrogens with one attached hydrogen (secondary N) is 1. The van der Waals surface area contributed by atoms with E-state index in [2.05, 4.69) is 5.32 Å². The number of hydrogen-bond acceptors (Lipinski definition) is 6. The highest BCUT2D eigenvalue weighted by Gasteiger charge is 2.44. The third-order valence-corrected chi connectivity index (χ3v) is 4.95. The predicted molar refractivity (Wildman–Crippen MR) is 96.5 cm³/mol. The van der Waals surface area contributed by atoms with Crippen LogP contribution in [0.15, 0.2) is 24.3 Å². The molecular weight excluding hydrogens is 376 g/mol. The van der Waals surface area contributed by atoms with Crippen LogP contribution in [-0.4, -0.2) is 35.7 Å². The van der Waals surface area contributed by atoms with Crippen molar-refractivity contribution in [3.63, 3.8) is 0 Å². The molecule has 0 spiro atoms. The van der Waals surface area contributed by atoms with Crippen LogP contribution in [0.1, 0.15) is 25.3 Å². The lowest BCUT2D eigenvalue weighted by molar-refractivity contribution is -0.490. The highest BCUT2D eigenvalue weighted by molar-refractivity contribution is 6.30. The zero-order valence-electron chi connectivity index (χ0n) is 14.9. The second-order valence-electron chi connectivity index (χ2n) is 6.70. The van der Waals surface area contributed by atoms with Crippen LogP contribution in [0, 0.1) is 27.9 Å². The van der Waals surface area contributed by atoms with Crippen molar-refractivity contribution >= 4 is 29.3 Å². The van der Waals surface area contributed by atoms with Crippen molar-refractivity contribution in [3.05, 3.63) is 45.0 Å². The normalized spacial score (nSPS) is 21.7. The fourth-order valence-corrected chi connectivity index (χ4v) is 3.36. The van der Waals surface area contributed by atoms with Gasteiger partial charge < -0.3 is 10.1 Å². The van der Waals surface area contributed by atoms with E-state index in [-0.39, 0.29) is 37.6 Å². The van der Waals surface area contributed by atoms with Gasteiger partial charge in [-0.3, -0.25) is 24.5 Å². The van der Waals surface area contributed by atoms with E-state index >= 15 is 0 Å². The van der Waals surface area contributed by atoms with E-state index < -0.39 is 35.2 Å². The first kappa shape index (κ1) is 20.8. The van der Waals surface area contributed by atoms with Gasteiger partial charge in [0.25, 0.3) is 5.91 Å². The van der Waals surface area contributed by atoms with E-state index in [0.717, 1.165) is 5.56 Å². The maximum Gasteiger partial charge on any atom is 0.307 e. The summed E-state index contributed by atoms with van der Waals surface area (Å²) in [6.07, 6.45) is -0.0236. The van der Waals surface area contributed by atoms with Crippen LogP contribution >= 0.6 is 11.6 Å². The average Bonchev–Trinajstić information content (AvgIpc) is 2.86. The van der Waals surface area contributed by atoms with Gasteiger partial charge in [0.05, 0.1) is 6.42 Å². The second kappa shape index (κ2) is 9.45. The number of benzene rings is 1. The number of halogens is 1. The summed E-state index contributed by atoms with van der Waals surface area (Å²) in [5.41, 5.74) is 0.840. The minimum Gasteiger partial charge on any atom is -0.456 e. The largest absolute Gasteiger partial charge is 0.456 e. The van der Waals surface area contributed by atoms with Gasteiger partial charge in [-0.05, 0) is 23.6 Å². The minimum absolute atomic E-state index is 0.150. The van der Waals surface area contributed by atoms with Crippen LogP contribution in [0.5, 0.6) is 0 Å². The maximum atomic E-state index is 12.0. The number of ether oxygens (including phenoxy) is 1. The van der Waals surface area contributed by atoms with Gasteiger partial charge in [0, 0.05) is 34.7 Å². The lowest BCUT2D eigenvalue weighted by Gasteiger charge is -2.17. The van der Waals surface area contributed by atoms with Crippen LogP contribution in [0.2, 0.25) is 5.02 Å². The van der Waals surface area contributed by atoms with Crippen molar-refractivity contribution in [2.24, 2.45) is 17.8 Å². The van der Waals surface area contributed by atoms with Crippen LogP contribution in [0.25, 0.3) is 0 Å². The van der Waals surface area contributed by atoms with Crippen LogP contribution in [0.4, 0.5) is 0 Å². The molecule has 2 rings (SSSR count). The molecule has 0 unspecified atom stereocenters. The second-order valence-corrected chi connectivity index (χ2v) is 7.14. The summed E-state index contributed by atoms with van der Waals surface area (Å²) in [6.45, 7) is 1.20. The number of hydrogen-bond donors (Lipinski definition) is 1. The molecule has 0 aromatic heterocycles. The fourth-order valence-electron chi connectivity index (χ4n) is 3.24. The Balaban J connectivity index is 1.77. The zero-order chi connectivity index (χ0) is 20.0. The first-order chi connectivity index (χ1) is 12.8. The molecule has 3 atom stereocenters. The summed E-state index contributed by atoms with van der Waals surface area (Å²) in [6, 6.07) is 6.92. The van der Waals surface area contributed by atoms with E-state index in [1.165, 1.54) is 0 Å². The Morgan fingerprint density at radius 1 is 1.33 bits per heavy atom. The van der Waals surface area contributed by atoms with Gasteiger partial charge in [0.15, 0.2) is 6.61 Å². The van der Waals surface area contributed by atoms with Crippen LogP contribution < -0.4 is 5.32 Å². The van der Waals surface area contributed by atoms with Gasteiger partial charge in [-0.25, -0.2) is 0 Å². The molecule has 27 heavy (non-hydrogen) atoms. The monoisotopic (exact) mass is 396 g/mol. The number of rotatable bonds is 8. The number of carbonyl (C=O) groups is 3. The van der Waals surface area contributed by atoms with E-state index in [9.17, 15) is 24.5 Å². The summed E-state index contributed by atoms with van der Waals surface area (Å²) in [4.78, 5) is 46.1. The summed E-state index contributed by atoms with van der Waals surface area (Å²) < 4.78 is 4.92. The SMILES string of the molecule is C[C@@H]1CC(=O)[C@@H](CC(=O)OCC(=O)NCc2ccc(Cl)cc2)[C@@H]1C[N+](=O)[O-]. The fraction of sp³-hybridized carbons (Fsp3) is 0.500. The number of nitro groups is 1. The molecule has 0 heterocycles. The number of ketones is 1. The molecule has 0 aliphatic heterocycles. The number of Topliss-reactive ketones (excluding diaryl/α,β-unsaturated/α-hetero) is 1. The van der Waals surface area contributed by atoms with Crippen molar-refractivity contribution < 1.29 is 24.0 Å². The Kier molecular flexibility index (Phi) is 7.29. The van der Waals surface area contributed by atoms with E-state index in [4.69, 9.17) is 16.3 Å². The smallest absolute Gasteiger partial charge is 0.307 e. The Hall–Kier alpha value is -2.48. The summed E-state index contributed by atoms with van der Waals surface area (Å²) in [7, 11) is 0. The quantitative estimate of drug-likeness (QED) is 0.408. The minimum atomic E-state index is -0.727. The summed E-state index contributed by atoms with van der Waals surface area (Å²) in [5.74, 6) is -2.72. The molecular formula is C18H21ClN2O6. The van der Waals surface area contributed by atoms with Gasteiger partial charge in [-0.15, -0.1) is 0 Å². The van der Waals surface area contributed by atoms with Gasteiger partial charge >= 0.3 is 5.97 Å². The maximum absolute atomic E-state index is 12.0. The Bertz CT molecular complexity index is 721. The molecule has 1 aromatic carbocycles. The molecule has 0 bridgehead atoms. The van der Waals surface area contributed by atoms with E-state index in [1.807, 2.05) is 0 Å². The highest BCUT2D eigenvalue weighted by Crippen LogP contribution is 2.36. The zero-order valence-corrected chi connectivity index (χ0v) is 15.6. The van der Waals surface area contributed by atoms with E-state index in [0.29, 0.717) is 5.02 Å². The third-order valence-electron chi connectivity index (χ3n) is 4.70. The van der Waals surface area contributed by atoms with Crippen molar-refractivity contribution in [3.8, 4) is 0 Å². The number of amides is 1. The molecule has 1 aromatic rings. The Labute approximate surface area is 161 Å². The lowest BCUT2D eigenvalue weighted by Crippen LogP contribution is -2.30. The first-order valence-electron chi connectivity index (χ1n) is 8.57. The molecule has 1 aliphatic carbocycles. The van der Waals surface area contributed by atoms with Gasteiger partial charge in [0.2, 0.25) is 6.54 Å². The van der Waals surface area contributed by atoms with Gasteiger partial charge in [-0.2, -0.15) is 0 Å². The number of esters is 1. The molecule has 1 N–H and O–H groups in total. The Morgan fingerprint density at radius 2 is 2.00 bits per heavy atom. The Morgan fingerprint density at radius 3 is 2.63 bits per heavy atom. The molecule has 1 saturated carbocycles. The molecule has 8 nitrogen and oxygen atoms in total. The molecule has 1 fully saturated rings. The number of carbonyl (C=O) groups excluding carboxylic acids is 3. The topological polar surface area (TPSA) is 116 Å². The summed E-state index contributed by atoms with van der Waals surface area (Å²) in [5, 5.41) is 14.0. The van der Waals surface area contributed by atoms with Crippen LogP contribution in [0.3, 0.4) is 0 Å². The standard InChI is InChI=1S/C18H21ClN2O6/c1-11-6-16(22)14(15(11)9-21(25)26)7-18(24)27-10-17(23)20-8-12-2-4-13(19)5-3-12/h2-5,11,14-15H,6-10H2,1H3,(H,20,23)/t11-,14+,15-/m1/s1. The average molecular weight is 397 g/mol. The first-order valence-corrected chi connectivity index (χ1v) is 8.95. The third kappa shape index (κ3) is 6.32. The predicted octanol–water partition coefficient (Wildman–Crippen LogP) is 2.01.